The molecule has 2 heterocycles. The van der Waals surface area contributed by atoms with Crippen molar-refractivity contribution in [1.82, 2.24) is 10.3 Å². The van der Waals surface area contributed by atoms with Gasteiger partial charge in [-0.3, -0.25) is 0 Å². The molecule has 10 heteroatoms. The quantitative estimate of drug-likeness (QED) is 0.309. The van der Waals surface area contributed by atoms with Crippen molar-refractivity contribution in [3.63, 3.8) is 0 Å². The summed E-state index contributed by atoms with van der Waals surface area (Å²) in [7, 11) is 0. The molecule has 3 aromatic rings. The van der Waals surface area contributed by atoms with Gasteiger partial charge in [-0.05, 0) is 49.7 Å². The molecule has 40 heavy (non-hydrogen) atoms. The van der Waals surface area contributed by atoms with Gasteiger partial charge in [0.25, 0.3) is 5.88 Å². The minimum absolute atomic E-state index is 0.118. The van der Waals surface area contributed by atoms with E-state index in [1.54, 1.807) is 6.92 Å². The maximum atomic E-state index is 15.8. The first-order chi connectivity index (χ1) is 19.3. The van der Waals surface area contributed by atoms with Gasteiger partial charge in [0, 0.05) is 48.0 Å². The van der Waals surface area contributed by atoms with Crippen LogP contribution in [0.4, 0.5) is 8.78 Å². The summed E-state index contributed by atoms with van der Waals surface area (Å²) in [5, 5.41) is 12.7. The van der Waals surface area contributed by atoms with Crippen molar-refractivity contribution >= 4 is 11.6 Å². The van der Waals surface area contributed by atoms with Gasteiger partial charge in [0.1, 0.15) is 18.2 Å². The molecule has 0 amide bonds. The number of nitrogens with one attached hydrogen (secondary N) is 1. The van der Waals surface area contributed by atoms with E-state index in [-0.39, 0.29) is 35.2 Å². The van der Waals surface area contributed by atoms with E-state index in [4.69, 9.17) is 36.4 Å². The van der Waals surface area contributed by atoms with Crippen molar-refractivity contribution in [3.8, 4) is 22.8 Å². The van der Waals surface area contributed by atoms with Gasteiger partial charge in [-0.2, -0.15) is 0 Å². The van der Waals surface area contributed by atoms with E-state index < -0.39 is 17.2 Å². The third-order valence-corrected chi connectivity index (χ3v) is 8.17. The Morgan fingerprint density at radius 2 is 1.88 bits per heavy atom. The fourth-order valence-electron chi connectivity index (χ4n) is 5.68. The average Bonchev–Trinajstić information content (AvgIpc) is 3.35. The zero-order valence-corrected chi connectivity index (χ0v) is 23.3. The number of aliphatic hydroxyl groups is 1. The summed E-state index contributed by atoms with van der Waals surface area (Å²) >= 11 is 6.55. The standard InChI is InChI=1S/C30H33ClF2N2O3.NO/c1-18-8-10-21(11-9-18)35-17-30(20-6-4-3-5-7-20)15-22-24(38-30)14-23(32)27(31)26(22)25-19(2)16-34-29(28(25)33)37-13-12-36;1-2/h3-7,14,16,18,21,35-36H,8-13,15,17H2,1-2H3;/q;+1/t18?,21?,30-;/m1./s1. The number of halogens is 3. The molecular formula is C30H33ClF2N3O4+. The first-order valence-corrected chi connectivity index (χ1v) is 13.8. The molecule has 1 aromatic heterocycles. The van der Waals surface area contributed by atoms with Crippen LogP contribution >= 0.6 is 11.6 Å². The fraction of sp³-hybridized carbons (Fsp3) is 0.433. The molecule has 0 spiro atoms. The molecule has 2 aromatic carbocycles. The molecule has 0 radical (unpaired) electrons. The Bertz CT molecular complexity index is 1350. The van der Waals surface area contributed by atoms with Crippen LogP contribution in [0.1, 0.15) is 49.3 Å². The van der Waals surface area contributed by atoms with E-state index >= 15 is 8.78 Å². The van der Waals surface area contributed by atoms with Crippen molar-refractivity contribution < 1.29 is 28.1 Å². The van der Waals surface area contributed by atoms with Gasteiger partial charge in [-0.25, -0.2) is 13.8 Å². The van der Waals surface area contributed by atoms with Crippen LogP contribution in [0.2, 0.25) is 5.02 Å². The molecular weight excluding hydrogens is 540 g/mol. The zero-order chi connectivity index (χ0) is 28.9. The van der Waals surface area contributed by atoms with Gasteiger partial charge in [-0.15, -0.1) is 0 Å². The summed E-state index contributed by atoms with van der Waals surface area (Å²) in [6.07, 6.45) is 6.41. The number of hydrogen-bond acceptors (Lipinski definition) is 6. The molecule has 5 rings (SSSR count). The van der Waals surface area contributed by atoms with Gasteiger partial charge in [0.15, 0.2) is 11.4 Å². The summed E-state index contributed by atoms with van der Waals surface area (Å²) in [4.78, 5) is 4.02. The number of pyridine rings is 1. The molecule has 1 saturated carbocycles. The van der Waals surface area contributed by atoms with Gasteiger partial charge < -0.3 is 19.9 Å². The van der Waals surface area contributed by atoms with Crippen LogP contribution < -0.4 is 14.8 Å². The Balaban J connectivity index is 0.00000181. The van der Waals surface area contributed by atoms with Crippen molar-refractivity contribution in [2.75, 3.05) is 19.8 Å². The second-order valence-corrected chi connectivity index (χ2v) is 10.9. The van der Waals surface area contributed by atoms with E-state index in [0.717, 1.165) is 24.3 Å². The van der Waals surface area contributed by atoms with Gasteiger partial charge in [0.2, 0.25) is 0 Å². The van der Waals surface area contributed by atoms with E-state index in [2.05, 4.69) is 17.2 Å². The summed E-state index contributed by atoms with van der Waals surface area (Å²) < 4.78 is 50.1. The summed E-state index contributed by atoms with van der Waals surface area (Å²) in [5.74, 6) is -0.624. The van der Waals surface area contributed by atoms with Crippen LogP contribution in [0.5, 0.6) is 11.6 Å². The number of ether oxygens (including phenoxy) is 2. The number of benzene rings is 2. The number of fused-ring (bicyclic) bond motifs is 1. The number of nitrogens with zero attached hydrogens (tertiary/aromatic N) is 2. The van der Waals surface area contributed by atoms with Crippen LogP contribution in [0.15, 0.2) is 42.6 Å². The van der Waals surface area contributed by atoms with Crippen molar-refractivity contribution in [3.05, 3.63) is 75.9 Å². The number of aromatic nitrogens is 1. The molecule has 0 unspecified atom stereocenters. The van der Waals surface area contributed by atoms with Crippen LogP contribution in [-0.2, 0) is 16.8 Å². The van der Waals surface area contributed by atoms with E-state index in [9.17, 15) is 0 Å². The molecule has 212 valence electrons. The second kappa shape index (κ2) is 13.1. The third-order valence-electron chi connectivity index (χ3n) is 7.80. The summed E-state index contributed by atoms with van der Waals surface area (Å²) in [6, 6.07) is 11.5. The monoisotopic (exact) mass is 572 g/mol. The first-order valence-electron chi connectivity index (χ1n) is 13.4. The topological polar surface area (TPSA) is 107 Å². The SMILES string of the molecule is Cc1cnc(OCCO)c(F)c1-c1c(Cl)c(F)cc2c1C[C@@](CNC1CCC(C)CC1)(c1ccccc1)O2.N#[O+]. The van der Waals surface area contributed by atoms with Crippen molar-refractivity contribution in [2.24, 2.45) is 5.92 Å². The molecule has 2 N–H and O–H groups in total. The van der Waals surface area contributed by atoms with Gasteiger partial charge in [-0.1, -0.05) is 48.9 Å². The normalized spacial score (nSPS) is 21.6. The molecule has 7 nitrogen and oxygen atoms in total. The number of hydrogen-bond donors (Lipinski definition) is 2. The van der Waals surface area contributed by atoms with Crippen molar-refractivity contribution in [1.29, 1.82) is 5.46 Å². The van der Waals surface area contributed by atoms with Gasteiger partial charge >= 0.3 is 10.2 Å². The van der Waals surface area contributed by atoms with Crippen LogP contribution in [0, 0.1) is 29.9 Å². The molecule has 0 bridgehead atoms. The number of aryl methyl sites for hydroxylation is 1. The average molecular weight is 573 g/mol. The van der Waals surface area contributed by atoms with E-state index in [1.807, 2.05) is 30.3 Å². The number of rotatable bonds is 8. The zero-order valence-electron chi connectivity index (χ0n) is 22.6. The molecule has 1 aliphatic heterocycles. The predicted octanol–water partition coefficient (Wildman–Crippen LogP) is 6.25. The van der Waals surface area contributed by atoms with Crippen molar-refractivity contribution in [2.45, 2.75) is 57.6 Å². The molecule has 1 fully saturated rings. The third kappa shape index (κ3) is 5.99. The summed E-state index contributed by atoms with van der Waals surface area (Å²) in [5.41, 5.74) is 7.38. The second-order valence-electron chi connectivity index (χ2n) is 10.5. The Hall–Kier alpha value is -3.07. The Labute approximate surface area is 237 Å². The molecule has 1 atom stereocenters. The summed E-state index contributed by atoms with van der Waals surface area (Å²) in [6.45, 7) is 4.10. The molecule has 0 saturated heterocycles. The van der Waals surface area contributed by atoms with Crippen LogP contribution in [0.3, 0.4) is 0 Å². The Morgan fingerprint density at radius 1 is 1.18 bits per heavy atom. The van der Waals surface area contributed by atoms with Gasteiger partial charge in [0.05, 0.1) is 11.6 Å². The first kappa shape index (κ1) is 29.9. The van der Waals surface area contributed by atoms with Crippen LogP contribution in [0.25, 0.3) is 11.1 Å². The Morgan fingerprint density at radius 3 is 2.55 bits per heavy atom. The minimum atomic E-state index is -0.813. The molecule has 1 aliphatic carbocycles. The van der Waals surface area contributed by atoms with E-state index in [1.165, 1.54) is 25.1 Å². The van der Waals surface area contributed by atoms with E-state index in [0.29, 0.717) is 35.9 Å². The predicted molar refractivity (Wildman–Crippen MR) is 146 cm³/mol. The fourth-order valence-corrected chi connectivity index (χ4v) is 5.95. The maximum absolute atomic E-state index is 15.8. The van der Waals surface area contributed by atoms with Crippen LogP contribution in [-0.4, -0.2) is 35.9 Å². The molecule has 2 aliphatic rings. The Kier molecular flexibility index (Phi) is 9.77. The number of aliphatic hydroxyl groups excluding tert-OH is 1.